The summed E-state index contributed by atoms with van der Waals surface area (Å²) in [4.78, 5) is 23.0. The van der Waals surface area contributed by atoms with Crippen LogP contribution in [0.1, 0.15) is 17.2 Å². The van der Waals surface area contributed by atoms with Crippen LogP contribution in [-0.4, -0.2) is 13.0 Å². The van der Waals surface area contributed by atoms with E-state index in [0.29, 0.717) is 11.3 Å². The maximum absolute atomic E-state index is 11.9. The van der Waals surface area contributed by atoms with Crippen molar-refractivity contribution in [2.45, 2.75) is 12.6 Å². The molecule has 3 aromatic rings. The van der Waals surface area contributed by atoms with E-state index in [2.05, 4.69) is 22.6 Å². The largest absolute Gasteiger partial charge is 0.489 e. The Balaban J connectivity index is 1.74. The Morgan fingerprint density at radius 1 is 0.926 bits per heavy atom. The van der Waals surface area contributed by atoms with Crippen molar-refractivity contribution in [3.05, 3.63) is 94.9 Å². The number of carbonyl (C=O) groups excluding carboxylic acids is 1. The summed E-state index contributed by atoms with van der Waals surface area (Å²) in [6.07, 6.45) is 0. The van der Waals surface area contributed by atoms with Gasteiger partial charge in [0, 0.05) is 7.05 Å². The molecule has 3 rings (SSSR count). The highest BCUT2D eigenvalue weighted by molar-refractivity contribution is 5.83. The predicted octanol–water partition coefficient (Wildman–Crippen LogP) is 4.49. The van der Waals surface area contributed by atoms with Gasteiger partial charge in [-0.3, -0.25) is 4.79 Å². The van der Waals surface area contributed by atoms with Crippen LogP contribution in [0.2, 0.25) is 0 Å². The van der Waals surface area contributed by atoms with Crippen LogP contribution in [0.15, 0.2) is 84.0 Å². The molecule has 1 unspecified atom stereocenters. The number of likely N-dealkylation sites (N-methyl/N-ethyl adjacent to an activating group) is 1. The van der Waals surface area contributed by atoms with Gasteiger partial charge in [0.25, 0.3) is 5.91 Å². The lowest BCUT2D eigenvalue weighted by Gasteiger charge is -2.14. The van der Waals surface area contributed by atoms with Gasteiger partial charge in [0.2, 0.25) is 0 Å². The highest BCUT2D eigenvalue weighted by Crippen LogP contribution is 2.25. The van der Waals surface area contributed by atoms with Gasteiger partial charge in [0.15, 0.2) is 6.04 Å². The first-order valence-corrected chi connectivity index (χ1v) is 8.63. The van der Waals surface area contributed by atoms with Crippen molar-refractivity contribution in [1.82, 2.24) is 5.32 Å². The first-order chi connectivity index (χ1) is 13.2. The molecule has 0 bridgehead atoms. The number of nitrogens with one attached hydrogen (secondary N) is 1. The van der Waals surface area contributed by atoms with Gasteiger partial charge in [0.05, 0.1) is 0 Å². The topological polar surface area (TPSA) is 67.8 Å². The molecule has 1 N–H and O–H groups in total. The Labute approximate surface area is 158 Å². The quantitative estimate of drug-likeness (QED) is 0.631. The SMILES string of the molecule is CNC(=O)C(N=O)c1ccccc1COc1ccc(-c2ccccc2)cc1. The monoisotopic (exact) mass is 360 g/mol. The first kappa shape index (κ1) is 18.3. The van der Waals surface area contributed by atoms with Gasteiger partial charge in [-0.25, -0.2) is 0 Å². The second-order valence-electron chi connectivity index (χ2n) is 6.00. The van der Waals surface area contributed by atoms with E-state index < -0.39 is 11.9 Å². The first-order valence-electron chi connectivity index (χ1n) is 8.63. The molecule has 0 aliphatic heterocycles. The number of benzene rings is 3. The number of carbonyl (C=O) groups is 1. The maximum atomic E-state index is 11.9. The minimum absolute atomic E-state index is 0.240. The molecule has 0 saturated carbocycles. The minimum Gasteiger partial charge on any atom is -0.489 e. The number of hydrogen-bond donors (Lipinski definition) is 1. The summed E-state index contributed by atoms with van der Waals surface area (Å²) >= 11 is 0. The molecule has 136 valence electrons. The van der Waals surface area contributed by atoms with Crippen LogP contribution in [0.5, 0.6) is 5.75 Å². The fraction of sp³-hybridized carbons (Fsp3) is 0.136. The van der Waals surface area contributed by atoms with Crippen molar-refractivity contribution < 1.29 is 9.53 Å². The molecule has 0 heterocycles. The van der Waals surface area contributed by atoms with Crippen molar-refractivity contribution in [3.8, 4) is 16.9 Å². The second-order valence-corrected chi connectivity index (χ2v) is 6.00. The lowest BCUT2D eigenvalue weighted by molar-refractivity contribution is -0.121. The smallest absolute Gasteiger partial charge is 0.252 e. The fourth-order valence-corrected chi connectivity index (χ4v) is 2.85. The van der Waals surface area contributed by atoms with Crippen molar-refractivity contribution in [2.75, 3.05) is 7.05 Å². The number of nitrogens with zero attached hydrogens (tertiary/aromatic N) is 1. The number of nitroso groups, excluding NO2 is 1. The number of rotatable bonds is 7. The molecule has 5 nitrogen and oxygen atoms in total. The van der Waals surface area contributed by atoms with E-state index in [1.54, 1.807) is 12.1 Å². The van der Waals surface area contributed by atoms with E-state index in [1.165, 1.54) is 7.05 Å². The molecule has 0 aliphatic carbocycles. The standard InChI is InChI=1S/C22H20N2O3/c1-23-22(25)21(24-26)20-10-6-5-9-18(20)15-27-19-13-11-17(12-14-19)16-7-3-2-4-8-16/h2-14,21H,15H2,1H3,(H,23,25). The van der Waals surface area contributed by atoms with Crippen LogP contribution >= 0.6 is 0 Å². The van der Waals surface area contributed by atoms with Crippen molar-refractivity contribution in [3.63, 3.8) is 0 Å². The van der Waals surface area contributed by atoms with Crippen LogP contribution in [0.25, 0.3) is 11.1 Å². The molecule has 1 amide bonds. The zero-order valence-electron chi connectivity index (χ0n) is 15.0. The number of amides is 1. The van der Waals surface area contributed by atoms with E-state index in [0.717, 1.165) is 16.7 Å². The Bertz CT molecular complexity index is 908. The Hall–Kier alpha value is -3.47. The van der Waals surface area contributed by atoms with Gasteiger partial charge in [-0.1, -0.05) is 71.9 Å². The highest BCUT2D eigenvalue weighted by Gasteiger charge is 2.23. The molecule has 0 radical (unpaired) electrons. The molecular weight excluding hydrogens is 340 g/mol. The molecular formula is C22H20N2O3. The third-order valence-corrected chi connectivity index (χ3v) is 4.31. The van der Waals surface area contributed by atoms with Crippen molar-refractivity contribution in [1.29, 1.82) is 0 Å². The van der Waals surface area contributed by atoms with Crippen LogP contribution in [0.4, 0.5) is 0 Å². The van der Waals surface area contributed by atoms with Gasteiger partial charge < -0.3 is 10.1 Å². The molecule has 1 atom stereocenters. The third-order valence-electron chi connectivity index (χ3n) is 4.31. The molecule has 0 saturated heterocycles. The predicted molar refractivity (Wildman–Crippen MR) is 105 cm³/mol. The van der Waals surface area contributed by atoms with E-state index in [9.17, 15) is 9.70 Å². The molecule has 5 heteroatoms. The lowest BCUT2D eigenvalue weighted by Crippen LogP contribution is -2.25. The van der Waals surface area contributed by atoms with Gasteiger partial charge in [0.1, 0.15) is 12.4 Å². The molecule has 27 heavy (non-hydrogen) atoms. The number of ether oxygens (including phenoxy) is 1. The van der Waals surface area contributed by atoms with E-state index in [-0.39, 0.29) is 6.61 Å². The summed E-state index contributed by atoms with van der Waals surface area (Å²) in [5.74, 6) is 0.268. The average molecular weight is 360 g/mol. The Kier molecular flexibility index (Phi) is 5.94. The zero-order chi connectivity index (χ0) is 19.1. The minimum atomic E-state index is -1.09. The molecule has 3 aromatic carbocycles. The highest BCUT2D eigenvalue weighted by atomic mass is 16.5. The summed E-state index contributed by atoms with van der Waals surface area (Å²) in [5, 5.41) is 5.44. The lowest BCUT2D eigenvalue weighted by atomic mass is 10.0. The number of hydrogen-bond acceptors (Lipinski definition) is 4. The van der Waals surface area contributed by atoms with E-state index in [4.69, 9.17) is 4.74 Å². The molecule has 0 aromatic heterocycles. The van der Waals surface area contributed by atoms with Gasteiger partial charge >= 0.3 is 0 Å². The zero-order valence-corrected chi connectivity index (χ0v) is 15.0. The second kappa shape index (κ2) is 8.76. The van der Waals surface area contributed by atoms with Crippen LogP contribution in [0.3, 0.4) is 0 Å². The molecule has 0 fully saturated rings. The molecule has 0 spiro atoms. The summed E-state index contributed by atoms with van der Waals surface area (Å²) in [6.45, 7) is 0.240. The fourth-order valence-electron chi connectivity index (χ4n) is 2.85. The summed E-state index contributed by atoms with van der Waals surface area (Å²) in [5.41, 5.74) is 3.54. The van der Waals surface area contributed by atoms with E-state index >= 15 is 0 Å². The Morgan fingerprint density at radius 3 is 2.22 bits per heavy atom. The normalized spacial score (nSPS) is 11.4. The third kappa shape index (κ3) is 4.39. The summed E-state index contributed by atoms with van der Waals surface area (Å²) in [6, 6.07) is 24.0. The average Bonchev–Trinajstić information content (AvgIpc) is 2.74. The van der Waals surface area contributed by atoms with Crippen molar-refractivity contribution >= 4 is 5.91 Å². The Morgan fingerprint density at radius 2 is 1.56 bits per heavy atom. The van der Waals surface area contributed by atoms with Crippen LogP contribution in [-0.2, 0) is 11.4 Å². The van der Waals surface area contributed by atoms with Gasteiger partial charge in [-0.05, 0) is 34.4 Å². The van der Waals surface area contributed by atoms with Gasteiger partial charge in [-0.2, -0.15) is 0 Å². The molecule has 0 aliphatic rings. The van der Waals surface area contributed by atoms with Crippen molar-refractivity contribution in [2.24, 2.45) is 5.18 Å². The summed E-state index contributed by atoms with van der Waals surface area (Å²) < 4.78 is 5.86. The van der Waals surface area contributed by atoms with E-state index in [1.807, 2.05) is 54.6 Å². The van der Waals surface area contributed by atoms with Crippen LogP contribution < -0.4 is 10.1 Å². The van der Waals surface area contributed by atoms with Gasteiger partial charge in [-0.15, -0.1) is 4.91 Å². The summed E-state index contributed by atoms with van der Waals surface area (Å²) in [7, 11) is 1.48. The maximum Gasteiger partial charge on any atom is 0.252 e. The van der Waals surface area contributed by atoms with Crippen LogP contribution in [0, 0.1) is 4.91 Å².